The van der Waals surface area contributed by atoms with Crippen molar-refractivity contribution in [2.45, 2.75) is 12.7 Å². The van der Waals surface area contributed by atoms with E-state index in [9.17, 15) is 14.3 Å². The Bertz CT molecular complexity index is 1440. The molecule has 1 aliphatic rings. The summed E-state index contributed by atoms with van der Waals surface area (Å²) in [5.74, 6) is 0.0693. The minimum absolute atomic E-state index is 0.0592. The molecule has 0 bridgehead atoms. The van der Waals surface area contributed by atoms with E-state index >= 15 is 0 Å². The van der Waals surface area contributed by atoms with Crippen LogP contribution >= 0.6 is 22.9 Å². The summed E-state index contributed by atoms with van der Waals surface area (Å²) in [5, 5.41) is 19.7. The third kappa shape index (κ3) is 6.22. The largest absolute Gasteiger partial charge is 0.486 e. The van der Waals surface area contributed by atoms with Crippen LogP contribution in [0.4, 0.5) is 9.52 Å². The number of thiazole rings is 1. The number of nitrogens with one attached hydrogen (secondary N) is 3. The first kappa shape index (κ1) is 25.5. The fourth-order valence-corrected chi connectivity index (χ4v) is 4.89. The second-order valence-electron chi connectivity index (χ2n) is 8.56. The minimum atomic E-state index is -0.548. The Kier molecular flexibility index (Phi) is 7.91. The van der Waals surface area contributed by atoms with Crippen molar-refractivity contribution >= 4 is 39.0 Å². The van der Waals surface area contributed by atoms with Crippen LogP contribution in [-0.4, -0.2) is 75.3 Å². The monoisotopic (exact) mass is 545 g/mol. The summed E-state index contributed by atoms with van der Waals surface area (Å²) in [5.41, 5.74) is 1.07. The van der Waals surface area contributed by atoms with Crippen molar-refractivity contribution in [1.82, 2.24) is 30.2 Å². The number of pyridine rings is 1. The lowest BCUT2D eigenvalue weighted by atomic mass is 10.2. The number of aliphatic hydroxyl groups is 1. The molecule has 4 aromatic rings. The maximum atomic E-state index is 13.4. The number of fused-ring (bicyclic) bond motifs is 1. The van der Waals surface area contributed by atoms with Gasteiger partial charge in [-0.15, -0.1) is 11.3 Å². The van der Waals surface area contributed by atoms with Gasteiger partial charge in [0.05, 0.1) is 16.5 Å². The number of H-pyrrole nitrogens is 1. The van der Waals surface area contributed by atoms with E-state index in [-0.39, 0.29) is 23.0 Å². The molecule has 5 rings (SSSR count). The van der Waals surface area contributed by atoms with Crippen LogP contribution in [-0.2, 0) is 6.61 Å². The van der Waals surface area contributed by atoms with Gasteiger partial charge in [0.1, 0.15) is 40.9 Å². The van der Waals surface area contributed by atoms with Crippen LogP contribution in [0.1, 0.15) is 5.82 Å². The van der Waals surface area contributed by atoms with Crippen molar-refractivity contribution in [2.75, 3.05) is 44.6 Å². The molecule has 4 heterocycles. The Morgan fingerprint density at radius 1 is 1.27 bits per heavy atom. The number of aromatic amines is 1. The van der Waals surface area contributed by atoms with Gasteiger partial charge in [-0.2, -0.15) is 0 Å². The molecule has 194 valence electrons. The molecule has 1 unspecified atom stereocenters. The molecule has 1 atom stereocenters. The number of β-amino-alcohol motifs (C(OH)–C–C–N with tert-alkyl or cyclic N) is 1. The van der Waals surface area contributed by atoms with E-state index in [1.165, 1.54) is 35.7 Å². The van der Waals surface area contributed by atoms with Crippen LogP contribution in [0.15, 0.2) is 40.6 Å². The maximum absolute atomic E-state index is 13.4. The molecular formula is C24H25ClFN7O3S. The zero-order valence-electron chi connectivity index (χ0n) is 19.7. The molecule has 1 saturated heterocycles. The van der Waals surface area contributed by atoms with Gasteiger partial charge < -0.3 is 25.5 Å². The van der Waals surface area contributed by atoms with E-state index in [1.807, 2.05) is 5.38 Å². The van der Waals surface area contributed by atoms with E-state index in [4.69, 9.17) is 16.3 Å². The van der Waals surface area contributed by atoms with Crippen molar-refractivity contribution in [1.29, 1.82) is 0 Å². The smallest absolute Gasteiger partial charge is 0.258 e. The van der Waals surface area contributed by atoms with Crippen molar-refractivity contribution in [3.63, 3.8) is 0 Å². The van der Waals surface area contributed by atoms with Gasteiger partial charge in [-0.25, -0.2) is 14.4 Å². The van der Waals surface area contributed by atoms with Crippen LogP contribution in [0.3, 0.4) is 0 Å². The number of hydrogen-bond donors (Lipinski definition) is 4. The van der Waals surface area contributed by atoms with Gasteiger partial charge in [-0.05, 0) is 18.2 Å². The van der Waals surface area contributed by atoms with E-state index in [2.05, 4.69) is 35.5 Å². The number of benzene rings is 1. The molecule has 37 heavy (non-hydrogen) atoms. The molecule has 13 heteroatoms. The van der Waals surface area contributed by atoms with Gasteiger partial charge in [0.15, 0.2) is 5.13 Å². The Labute approximate surface area is 220 Å². The molecule has 0 saturated carbocycles. The van der Waals surface area contributed by atoms with Gasteiger partial charge in [0, 0.05) is 56.9 Å². The number of hydrogen-bond acceptors (Lipinski definition) is 10. The van der Waals surface area contributed by atoms with Gasteiger partial charge in [-0.1, -0.05) is 11.6 Å². The zero-order chi connectivity index (χ0) is 25.8. The lowest BCUT2D eigenvalue weighted by Crippen LogP contribution is -2.47. The number of piperazine rings is 1. The fraction of sp³-hybridized carbons (Fsp3) is 0.333. The quantitative estimate of drug-likeness (QED) is 0.251. The number of anilines is 1. The van der Waals surface area contributed by atoms with Gasteiger partial charge in [-0.3, -0.25) is 14.7 Å². The van der Waals surface area contributed by atoms with Gasteiger partial charge >= 0.3 is 0 Å². The highest BCUT2D eigenvalue weighted by molar-refractivity contribution is 7.14. The average Bonchev–Trinajstić information content (AvgIpc) is 3.37. The number of rotatable bonds is 9. The lowest BCUT2D eigenvalue weighted by molar-refractivity contribution is 0.114. The molecule has 0 aliphatic carbocycles. The Morgan fingerprint density at radius 2 is 2.11 bits per heavy atom. The summed E-state index contributed by atoms with van der Waals surface area (Å²) in [4.78, 5) is 31.2. The molecule has 0 amide bonds. The molecule has 10 nitrogen and oxygen atoms in total. The van der Waals surface area contributed by atoms with Crippen LogP contribution in [0.25, 0.3) is 22.3 Å². The first-order valence-corrected chi connectivity index (χ1v) is 13.0. The predicted octanol–water partition coefficient (Wildman–Crippen LogP) is 2.49. The molecule has 3 aromatic heterocycles. The maximum Gasteiger partial charge on any atom is 0.258 e. The molecule has 0 radical (unpaired) electrons. The topological polar surface area (TPSA) is 128 Å². The second kappa shape index (κ2) is 11.5. The molecular weight excluding hydrogens is 521 g/mol. The molecule has 1 aliphatic heterocycles. The standard InChI is InChI=1S/C24H25ClFN7O3S/c25-17-9-15(1-2-18(17)26)36-12-20-31-21-16(23(35)32-20)3-4-28-22(21)19-13-37-24(30-19)29-10-14(34)11-33-7-5-27-6-8-33/h1-4,9,13-14,27,34H,5-8,10-12H2,(H,29,30)(H,31,32,35). The fourth-order valence-electron chi connectivity index (χ4n) is 4.01. The van der Waals surface area contributed by atoms with Crippen molar-refractivity contribution in [2.24, 2.45) is 0 Å². The second-order valence-corrected chi connectivity index (χ2v) is 9.82. The molecule has 0 spiro atoms. The van der Waals surface area contributed by atoms with E-state index < -0.39 is 11.9 Å². The third-order valence-electron chi connectivity index (χ3n) is 5.85. The van der Waals surface area contributed by atoms with Crippen molar-refractivity contribution < 1.29 is 14.2 Å². The minimum Gasteiger partial charge on any atom is -0.486 e. The summed E-state index contributed by atoms with van der Waals surface area (Å²) in [6, 6.07) is 5.59. The number of nitrogens with zero attached hydrogens (tertiary/aromatic N) is 4. The summed E-state index contributed by atoms with van der Waals surface area (Å²) in [6.45, 7) is 4.60. The lowest BCUT2D eigenvalue weighted by Gasteiger charge is -2.29. The average molecular weight is 546 g/mol. The number of aromatic nitrogens is 4. The van der Waals surface area contributed by atoms with Crippen LogP contribution < -0.4 is 20.9 Å². The van der Waals surface area contributed by atoms with Crippen molar-refractivity contribution in [3.8, 4) is 17.1 Å². The predicted molar refractivity (Wildman–Crippen MR) is 141 cm³/mol. The third-order valence-corrected chi connectivity index (χ3v) is 6.94. The van der Waals surface area contributed by atoms with Crippen LogP contribution in [0.2, 0.25) is 5.02 Å². The zero-order valence-corrected chi connectivity index (χ0v) is 21.3. The Hall–Kier alpha value is -3.16. The van der Waals surface area contributed by atoms with Crippen LogP contribution in [0.5, 0.6) is 5.75 Å². The van der Waals surface area contributed by atoms with Crippen molar-refractivity contribution in [3.05, 3.63) is 62.9 Å². The summed E-state index contributed by atoms with van der Waals surface area (Å²) in [7, 11) is 0. The Morgan fingerprint density at radius 3 is 2.92 bits per heavy atom. The molecule has 4 N–H and O–H groups in total. The van der Waals surface area contributed by atoms with E-state index in [0.717, 1.165) is 26.2 Å². The van der Waals surface area contributed by atoms with Gasteiger partial charge in [0.2, 0.25) is 0 Å². The highest BCUT2D eigenvalue weighted by Gasteiger charge is 2.17. The van der Waals surface area contributed by atoms with Gasteiger partial charge in [0.25, 0.3) is 5.56 Å². The number of aliphatic hydroxyl groups excluding tert-OH is 1. The summed E-state index contributed by atoms with van der Waals surface area (Å²) in [6.07, 6.45) is 1.01. The normalized spacial score (nSPS) is 15.1. The number of ether oxygens (including phenoxy) is 1. The molecule has 1 aromatic carbocycles. The highest BCUT2D eigenvalue weighted by atomic mass is 35.5. The first-order chi connectivity index (χ1) is 18.0. The highest BCUT2D eigenvalue weighted by Crippen LogP contribution is 2.27. The summed E-state index contributed by atoms with van der Waals surface area (Å²) >= 11 is 7.19. The van der Waals surface area contributed by atoms with E-state index in [1.54, 1.807) is 6.07 Å². The molecule has 1 fully saturated rings. The first-order valence-electron chi connectivity index (χ1n) is 11.7. The Balaban J connectivity index is 1.30. The summed E-state index contributed by atoms with van der Waals surface area (Å²) < 4.78 is 19.0. The SMILES string of the molecule is O=c1[nH]c(COc2ccc(F)c(Cl)c2)nc2c(-c3csc(NCC(O)CN4CCNCC4)n3)nccc12. The van der Waals surface area contributed by atoms with Crippen LogP contribution in [0, 0.1) is 5.82 Å². The van der Waals surface area contributed by atoms with E-state index in [0.29, 0.717) is 46.3 Å². The number of halogens is 2.